The molecule has 1 aliphatic rings. The van der Waals surface area contributed by atoms with Gasteiger partial charge in [0.05, 0.1) is 31.3 Å². The summed E-state index contributed by atoms with van der Waals surface area (Å²) in [5.41, 5.74) is -0.703. The maximum atomic E-state index is 12.6. The first-order valence-corrected chi connectivity index (χ1v) is 13.6. The van der Waals surface area contributed by atoms with Crippen molar-refractivity contribution in [1.82, 2.24) is 5.32 Å². The van der Waals surface area contributed by atoms with Gasteiger partial charge in [0.15, 0.2) is 0 Å². The van der Waals surface area contributed by atoms with E-state index in [4.69, 9.17) is 14.2 Å². The van der Waals surface area contributed by atoms with Crippen LogP contribution in [0.15, 0.2) is 36.0 Å². The number of aliphatic hydroxyl groups is 3. The Morgan fingerprint density at radius 1 is 1.28 bits per heavy atom. The second-order valence-electron chi connectivity index (χ2n) is 10.7. The van der Waals surface area contributed by atoms with Gasteiger partial charge in [-0.2, -0.15) is 0 Å². The van der Waals surface area contributed by atoms with Crippen LogP contribution >= 0.6 is 0 Å². The van der Waals surface area contributed by atoms with Crippen molar-refractivity contribution in [3.8, 4) is 0 Å². The highest BCUT2D eigenvalue weighted by Gasteiger charge is 2.35. The lowest BCUT2D eigenvalue weighted by atomic mass is 9.88. The second-order valence-corrected chi connectivity index (χ2v) is 10.7. The summed E-state index contributed by atoms with van der Waals surface area (Å²) in [6, 6.07) is -0.417. The molecule has 0 bridgehead atoms. The minimum absolute atomic E-state index is 0.107. The minimum atomic E-state index is -1.43. The minimum Gasteiger partial charge on any atom is -0.457 e. The SMILES string of the molecule is CC[C@@H](O)[C@@H](C)NC(=O)OC[C@@H](C)/C=C/C=C(\C)[C@H]1OC(=O)C[C@@H](O)CC[C@](C)(O)[C@@H](OC(C)=O)/C=C/[C@@H]1C. The van der Waals surface area contributed by atoms with Crippen LogP contribution in [-0.2, 0) is 23.8 Å². The number of allylic oxidation sites excluding steroid dienone is 2. The number of nitrogens with one attached hydrogen (secondary N) is 1. The molecule has 1 amide bonds. The topological polar surface area (TPSA) is 152 Å². The number of alkyl carbamates (subject to hydrolysis) is 1. The lowest BCUT2D eigenvalue weighted by molar-refractivity contribution is -0.157. The van der Waals surface area contributed by atoms with Gasteiger partial charge < -0.3 is 34.8 Å². The van der Waals surface area contributed by atoms with Crippen LogP contribution in [0.25, 0.3) is 0 Å². The van der Waals surface area contributed by atoms with E-state index in [1.807, 2.05) is 33.8 Å². The largest absolute Gasteiger partial charge is 0.457 e. The number of esters is 2. The molecule has 0 fully saturated rings. The smallest absolute Gasteiger partial charge is 0.407 e. The van der Waals surface area contributed by atoms with Crippen molar-refractivity contribution in [2.24, 2.45) is 11.8 Å². The molecule has 1 aliphatic heterocycles. The molecule has 0 saturated heterocycles. The van der Waals surface area contributed by atoms with E-state index in [1.165, 1.54) is 13.8 Å². The van der Waals surface area contributed by atoms with Crippen LogP contribution in [0.5, 0.6) is 0 Å². The lowest BCUT2D eigenvalue weighted by Gasteiger charge is -2.32. The molecule has 0 aromatic rings. The third-order valence-electron chi connectivity index (χ3n) is 6.68. The molecule has 4 N–H and O–H groups in total. The van der Waals surface area contributed by atoms with Gasteiger partial charge in [0.1, 0.15) is 17.8 Å². The molecule has 39 heavy (non-hydrogen) atoms. The van der Waals surface area contributed by atoms with Crippen LogP contribution in [0.3, 0.4) is 0 Å². The van der Waals surface area contributed by atoms with Gasteiger partial charge in [-0.1, -0.05) is 45.1 Å². The van der Waals surface area contributed by atoms with E-state index < -0.39 is 54.1 Å². The Labute approximate surface area is 232 Å². The molecule has 8 atom stereocenters. The van der Waals surface area contributed by atoms with Crippen LogP contribution in [0, 0.1) is 11.8 Å². The van der Waals surface area contributed by atoms with Crippen molar-refractivity contribution in [3.63, 3.8) is 0 Å². The Kier molecular flexibility index (Phi) is 14.5. The number of rotatable bonds is 9. The van der Waals surface area contributed by atoms with E-state index in [0.717, 1.165) is 5.57 Å². The van der Waals surface area contributed by atoms with Gasteiger partial charge in [0, 0.05) is 18.8 Å². The van der Waals surface area contributed by atoms with E-state index in [2.05, 4.69) is 5.32 Å². The van der Waals surface area contributed by atoms with Crippen LogP contribution in [0.1, 0.15) is 74.1 Å². The molecular formula is C29H47NO9. The molecule has 10 nitrogen and oxygen atoms in total. The zero-order valence-corrected chi connectivity index (χ0v) is 24.3. The average Bonchev–Trinajstić information content (AvgIpc) is 2.85. The summed E-state index contributed by atoms with van der Waals surface area (Å²) >= 11 is 0. The number of cyclic esters (lactones) is 1. The highest BCUT2D eigenvalue weighted by Crippen LogP contribution is 2.27. The number of hydrogen-bond acceptors (Lipinski definition) is 9. The maximum Gasteiger partial charge on any atom is 0.407 e. The molecule has 0 aliphatic carbocycles. The van der Waals surface area contributed by atoms with Crippen LogP contribution in [0.2, 0.25) is 0 Å². The Morgan fingerprint density at radius 3 is 2.56 bits per heavy atom. The van der Waals surface area contributed by atoms with Gasteiger partial charge in [-0.3, -0.25) is 9.59 Å². The van der Waals surface area contributed by atoms with E-state index in [0.29, 0.717) is 6.42 Å². The Bertz CT molecular complexity index is 895. The predicted octanol–water partition coefficient (Wildman–Crippen LogP) is 3.34. The van der Waals surface area contributed by atoms with Crippen molar-refractivity contribution in [2.75, 3.05) is 6.61 Å². The third-order valence-corrected chi connectivity index (χ3v) is 6.68. The summed E-state index contributed by atoms with van der Waals surface area (Å²) in [4.78, 5) is 36.1. The van der Waals surface area contributed by atoms with Crippen molar-refractivity contribution < 1.29 is 43.9 Å². The molecule has 0 aromatic heterocycles. The second kappa shape index (κ2) is 16.4. The monoisotopic (exact) mass is 553 g/mol. The third kappa shape index (κ3) is 12.8. The normalized spacial score (nSPS) is 30.2. The van der Waals surface area contributed by atoms with Crippen molar-refractivity contribution >= 4 is 18.0 Å². The first-order chi connectivity index (χ1) is 18.2. The highest BCUT2D eigenvalue weighted by molar-refractivity contribution is 5.70. The van der Waals surface area contributed by atoms with Crippen molar-refractivity contribution in [1.29, 1.82) is 0 Å². The van der Waals surface area contributed by atoms with Gasteiger partial charge in [-0.15, -0.1) is 0 Å². The highest BCUT2D eigenvalue weighted by atomic mass is 16.6. The Hall–Kier alpha value is -2.69. The molecule has 0 saturated carbocycles. The maximum absolute atomic E-state index is 12.6. The summed E-state index contributed by atoms with van der Waals surface area (Å²) in [6.45, 7) is 12.0. The van der Waals surface area contributed by atoms with Gasteiger partial charge in [0.2, 0.25) is 0 Å². The number of ether oxygens (including phenoxy) is 3. The van der Waals surface area contributed by atoms with Gasteiger partial charge in [0.25, 0.3) is 0 Å². The number of carbonyl (C=O) groups excluding carboxylic acids is 3. The molecule has 10 heteroatoms. The fraction of sp³-hybridized carbons (Fsp3) is 0.690. The summed E-state index contributed by atoms with van der Waals surface area (Å²) in [5, 5.41) is 33.6. The first-order valence-electron chi connectivity index (χ1n) is 13.6. The van der Waals surface area contributed by atoms with E-state index in [-0.39, 0.29) is 37.7 Å². The predicted molar refractivity (Wildman–Crippen MR) is 147 cm³/mol. The molecule has 222 valence electrons. The lowest BCUT2D eigenvalue weighted by Crippen LogP contribution is -2.42. The summed E-state index contributed by atoms with van der Waals surface area (Å²) in [7, 11) is 0. The number of amides is 1. The average molecular weight is 554 g/mol. The molecule has 0 aromatic carbocycles. The molecule has 0 unspecified atom stereocenters. The van der Waals surface area contributed by atoms with E-state index >= 15 is 0 Å². The molecule has 1 heterocycles. The van der Waals surface area contributed by atoms with Crippen molar-refractivity contribution in [3.05, 3.63) is 36.0 Å². The Morgan fingerprint density at radius 2 is 1.95 bits per heavy atom. The number of aliphatic hydroxyl groups excluding tert-OH is 2. The first kappa shape index (κ1) is 34.3. The Balaban J connectivity index is 2.97. The molecule has 0 spiro atoms. The fourth-order valence-corrected chi connectivity index (χ4v) is 4.06. The van der Waals surface area contributed by atoms with E-state index in [9.17, 15) is 29.7 Å². The molecule has 1 rings (SSSR count). The molecular weight excluding hydrogens is 506 g/mol. The number of carbonyl (C=O) groups is 3. The van der Waals surface area contributed by atoms with Gasteiger partial charge in [-0.25, -0.2) is 4.79 Å². The van der Waals surface area contributed by atoms with Crippen LogP contribution in [-0.4, -0.2) is 76.0 Å². The van der Waals surface area contributed by atoms with Crippen LogP contribution in [0.4, 0.5) is 4.79 Å². The zero-order chi connectivity index (χ0) is 29.8. The van der Waals surface area contributed by atoms with Gasteiger partial charge in [-0.05, 0) is 51.7 Å². The van der Waals surface area contributed by atoms with E-state index in [1.54, 1.807) is 31.2 Å². The van der Waals surface area contributed by atoms with Crippen LogP contribution < -0.4 is 5.32 Å². The zero-order valence-electron chi connectivity index (χ0n) is 24.3. The molecule has 0 radical (unpaired) electrons. The standard InChI is InChI=1S/C29H47NO9/c1-8-24(33)21(5)30-28(35)37-17-18(2)10-9-11-19(3)27-20(4)12-13-25(38-22(6)31)29(7,36)15-14-23(32)16-26(34)39-27/h9-13,18,20-21,23-25,27,32-33,36H,8,14-17H2,1-7H3,(H,30,35)/b10-9+,13-12+,19-11+/t18-,20-,21+,23-,24+,25-,27+,29-/m0/s1. The number of hydrogen-bond donors (Lipinski definition) is 4. The van der Waals surface area contributed by atoms with Crippen molar-refractivity contribution in [2.45, 2.75) is 110 Å². The summed E-state index contributed by atoms with van der Waals surface area (Å²) in [5.74, 6) is -1.55. The summed E-state index contributed by atoms with van der Waals surface area (Å²) in [6.07, 6.45) is 5.42. The quantitative estimate of drug-likeness (QED) is 0.146. The van der Waals surface area contributed by atoms with Gasteiger partial charge >= 0.3 is 18.0 Å². The fourth-order valence-electron chi connectivity index (χ4n) is 4.06. The summed E-state index contributed by atoms with van der Waals surface area (Å²) < 4.78 is 16.3.